The topological polar surface area (TPSA) is 136 Å². The lowest BCUT2D eigenvalue weighted by Crippen LogP contribution is -2.42. The third kappa shape index (κ3) is 5.63. The van der Waals surface area contributed by atoms with Crippen LogP contribution in [0.4, 0.5) is 5.69 Å². The van der Waals surface area contributed by atoms with Gasteiger partial charge in [-0.1, -0.05) is 18.2 Å². The molecule has 1 atom stereocenters. The van der Waals surface area contributed by atoms with Crippen LogP contribution in [0.2, 0.25) is 0 Å². The van der Waals surface area contributed by atoms with E-state index in [9.17, 15) is 29.6 Å². The number of nitro groups is 1. The number of nitro benzene ring substituents is 1. The number of hydrogen-bond donors (Lipinski definition) is 2. The smallest absolute Gasteiger partial charge is 0.326 e. The van der Waals surface area contributed by atoms with Gasteiger partial charge in [0.25, 0.3) is 11.6 Å². The van der Waals surface area contributed by atoms with Crippen molar-refractivity contribution < 1.29 is 29.2 Å². The predicted octanol–water partition coefficient (Wildman–Crippen LogP) is 1.95. The summed E-state index contributed by atoms with van der Waals surface area (Å²) in [7, 11) is 0. The molecular weight excluding hydrogens is 356 g/mol. The van der Waals surface area contributed by atoms with Crippen LogP contribution < -0.4 is 10.1 Å². The van der Waals surface area contributed by atoms with Crippen LogP contribution >= 0.6 is 0 Å². The summed E-state index contributed by atoms with van der Waals surface area (Å²) in [5, 5.41) is 22.4. The van der Waals surface area contributed by atoms with E-state index in [0.29, 0.717) is 5.56 Å². The molecule has 2 rings (SSSR count). The third-order valence-corrected chi connectivity index (χ3v) is 3.55. The molecule has 2 aromatic carbocycles. The zero-order chi connectivity index (χ0) is 20.0. The molecule has 1 amide bonds. The third-order valence-electron chi connectivity index (χ3n) is 3.55. The number of benzene rings is 2. The van der Waals surface area contributed by atoms with Gasteiger partial charge in [-0.25, -0.2) is 4.79 Å². The summed E-state index contributed by atoms with van der Waals surface area (Å²) < 4.78 is 4.89. The highest BCUT2D eigenvalue weighted by Gasteiger charge is 2.22. The Bertz CT molecular complexity index is 878. The number of rotatable bonds is 7. The molecule has 0 fully saturated rings. The number of nitrogens with one attached hydrogen (secondary N) is 1. The van der Waals surface area contributed by atoms with Gasteiger partial charge < -0.3 is 15.2 Å². The molecule has 0 radical (unpaired) electrons. The van der Waals surface area contributed by atoms with Gasteiger partial charge in [0.15, 0.2) is 0 Å². The number of esters is 1. The minimum Gasteiger partial charge on any atom is -0.480 e. The van der Waals surface area contributed by atoms with Gasteiger partial charge in [-0.05, 0) is 23.8 Å². The summed E-state index contributed by atoms with van der Waals surface area (Å²) in [6.07, 6.45) is -0.0529. The van der Waals surface area contributed by atoms with Gasteiger partial charge in [0.1, 0.15) is 11.8 Å². The summed E-state index contributed by atoms with van der Waals surface area (Å²) in [6.45, 7) is 1.22. The summed E-state index contributed by atoms with van der Waals surface area (Å²) in [4.78, 5) is 44.9. The van der Waals surface area contributed by atoms with Gasteiger partial charge >= 0.3 is 11.9 Å². The van der Waals surface area contributed by atoms with E-state index in [1.54, 1.807) is 0 Å². The lowest BCUT2D eigenvalue weighted by Gasteiger charge is -2.15. The first-order valence-electron chi connectivity index (χ1n) is 7.81. The van der Waals surface area contributed by atoms with Crippen molar-refractivity contribution in [2.75, 3.05) is 0 Å². The average Bonchev–Trinajstić information content (AvgIpc) is 2.61. The van der Waals surface area contributed by atoms with Gasteiger partial charge in [0.2, 0.25) is 0 Å². The Balaban J connectivity index is 2.11. The van der Waals surface area contributed by atoms with Crippen molar-refractivity contribution in [3.8, 4) is 5.75 Å². The number of nitrogens with zero attached hydrogens (tertiary/aromatic N) is 1. The molecule has 0 saturated heterocycles. The summed E-state index contributed by atoms with van der Waals surface area (Å²) >= 11 is 0. The number of carbonyl (C=O) groups is 3. The van der Waals surface area contributed by atoms with Crippen LogP contribution in [0, 0.1) is 10.1 Å². The fourth-order valence-corrected chi connectivity index (χ4v) is 2.30. The summed E-state index contributed by atoms with van der Waals surface area (Å²) in [6, 6.07) is 9.91. The van der Waals surface area contributed by atoms with Crippen molar-refractivity contribution in [1.82, 2.24) is 5.32 Å². The molecular formula is C18H16N2O7. The number of carbonyl (C=O) groups excluding carboxylic acids is 2. The van der Waals surface area contributed by atoms with Crippen molar-refractivity contribution >= 4 is 23.5 Å². The van der Waals surface area contributed by atoms with Crippen molar-refractivity contribution in [3.63, 3.8) is 0 Å². The fraction of sp³-hybridized carbons (Fsp3) is 0.167. The molecule has 0 aromatic heterocycles. The maximum absolute atomic E-state index is 12.3. The molecule has 27 heavy (non-hydrogen) atoms. The number of ether oxygens (including phenoxy) is 1. The molecule has 2 N–H and O–H groups in total. The summed E-state index contributed by atoms with van der Waals surface area (Å²) in [5.41, 5.74) is 0.530. The quantitative estimate of drug-likeness (QED) is 0.328. The number of hydrogen-bond acceptors (Lipinski definition) is 6. The van der Waals surface area contributed by atoms with Gasteiger partial charge in [-0.2, -0.15) is 0 Å². The zero-order valence-corrected chi connectivity index (χ0v) is 14.2. The number of amides is 1. The first-order valence-corrected chi connectivity index (χ1v) is 7.81. The molecule has 0 heterocycles. The number of aliphatic carboxylic acids is 1. The SMILES string of the molecule is CC(=O)Oc1cccc(C(=O)N[C@H](Cc2ccc([N+](=O)[O-])cc2)C(=O)O)c1. The Kier molecular flexibility index (Phi) is 6.21. The van der Waals surface area contributed by atoms with E-state index in [4.69, 9.17) is 4.74 Å². The monoisotopic (exact) mass is 372 g/mol. The van der Waals surface area contributed by atoms with E-state index >= 15 is 0 Å². The van der Waals surface area contributed by atoms with Crippen molar-refractivity contribution in [2.24, 2.45) is 0 Å². The number of non-ortho nitro benzene ring substituents is 1. The fourth-order valence-electron chi connectivity index (χ4n) is 2.30. The van der Waals surface area contributed by atoms with Crippen LogP contribution in [0.3, 0.4) is 0 Å². The first kappa shape index (κ1) is 19.6. The molecule has 0 aliphatic rings. The van der Waals surface area contributed by atoms with Crippen LogP contribution in [0.5, 0.6) is 5.75 Å². The minimum atomic E-state index is -1.25. The molecule has 0 bridgehead atoms. The molecule has 0 spiro atoms. The average molecular weight is 372 g/mol. The second-order valence-corrected chi connectivity index (χ2v) is 5.61. The van der Waals surface area contributed by atoms with E-state index in [0.717, 1.165) is 0 Å². The van der Waals surface area contributed by atoms with E-state index in [-0.39, 0.29) is 23.4 Å². The van der Waals surface area contributed by atoms with E-state index in [1.807, 2.05) is 0 Å². The van der Waals surface area contributed by atoms with Crippen molar-refractivity contribution in [2.45, 2.75) is 19.4 Å². The van der Waals surface area contributed by atoms with Crippen LogP contribution in [0.15, 0.2) is 48.5 Å². The van der Waals surface area contributed by atoms with Crippen LogP contribution in [0.1, 0.15) is 22.8 Å². The van der Waals surface area contributed by atoms with E-state index in [1.165, 1.54) is 55.5 Å². The van der Waals surface area contributed by atoms with E-state index in [2.05, 4.69) is 5.32 Å². The second kappa shape index (κ2) is 8.56. The molecule has 0 aliphatic heterocycles. The number of carboxylic acid groups (broad SMARTS) is 1. The highest BCUT2D eigenvalue weighted by Crippen LogP contribution is 2.15. The highest BCUT2D eigenvalue weighted by atomic mass is 16.6. The largest absolute Gasteiger partial charge is 0.480 e. The molecule has 9 heteroatoms. The van der Waals surface area contributed by atoms with Crippen LogP contribution in [-0.2, 0) is 16.0 Å². The van der Waals surface area contributed by atoms with Crippen molar-refractivity contribution in [3.05, 3.63) is 69.8 Å². The predicted molar refractivity (Wildman–Crippen MR) is 93.4 cm³/mol. The first-order chi connectivity index (χ1) is 12.8. The Morgan fingerprint density at radius 1 is 1.19 bits per heavy atom. The van der Waals surface area contributed by atoms with Crippen LogP contribution in [0.25, 0.3) is 0 Å². The highest BCUT2D eigenvalue weighted by molar-refractivity contribution is 5.97. The minimum absolute atomic E-state index is 0.0529. The Morgan fingerprint density at radius 2 is 1.85 bits per heavy atom. The molecule has 0 saturated carbocycles. The Morgan fingerprint density at radius 3 is 2.41 bits per heavy atom. The normalized spacial score (nSPS) is 11.3. The molecule has 9 nitrogen and oxygen atoms in total. The molecule has 140 valence electrons. The van der Waals surface area contributed by atoms with Crippen LogP contribution in [-0.4, -0.2) is 33.9 Å². The van der Waals surface area contributed by atoms with Gasteiger partial charge in [-0.3, -0.25) is 19.7 Å². The molecule has 2 aromatic rings. The van der Waals surface area contributed by atoms with Gasteiger partial charge in [-0.15, -0.1) is 0 Å². The lowest BCUT2D eigenvalue weighted by molar-refractivity contribution is -0.384. The number of carboxylic acids is 1. The van der Waals surface area contributed by atoms with Crippen molar-refractivity contribution in [1.29, 1.82) is 0 Å². The van der Waals surface area contributed by atoms with Gasteiger partial charge in [0.05, 0.1) is 4.92 Å². The second-order valence-electron chi connectivity index (χ2n) is 5.61. The maximum atomic E-state index is 12.3. The van der Waals surface area contributed by atoms with Gasteiger partial charge in [0, 0.05) is 31.0 Å². The van der Waals surface area contributed by atoms with E-state index < -0.39 is 28.8 Å². The zero-order valence-electron chi connectivity index (χ0n) is 14.2. The molecule has 0 unspecified atom stereocenters. The summed E-state index contributed by atoms with van der Waals surface area (Å²) in [5.74, 6) is -2.29. The maximum Gasteiger partial charge on any atom is 0.326 e. The standard InChI is InChI=1S/C18H16N2O7/c1-11(21)27-15-4-2-3-13(10-15)17(22)19-16(18(23)24)9-12-5-7-14(8-6-12)20(25)26/h2-8,10,16H,9H2,1H3,(H,19,22)(H,23,24)/t16-/m1/s1. The molecule has 0 aliphatic carbocycles. The Hall–Kier alpha value is -3.75. The Labute approximate surface area is 153 Å². The lowest BCUT2D eigenvalue weighted by atomic mass is 10.0.